The predicted molar refractivity (Wildman–Crippen MR) is 73.3 cm³/mol. The highest BCUT2D eigenvalue weighted by Gasteiger charge is 2.12. The Morgan fingerprint density at radius 2 is 2.05 bits per heavy atom. The van der Waals surface area contributed by atoms with E-state index in [1.165, 1.54) is 4.90 Å². The highest BCUT2D eigenvalue weighted by Crippen LogP contribution is 2.15. The second kappa shape index (κ2) is 5.78. The Morgan fingerprint density at radius 3 is 2.74 bits per heavy atom. The average Bonchev–Trinajstić information content (AvgIpc) is 2.48. The van der Waals surface area contributed by atoms with E-state index in [9.17, 15) is 4.79 Å². The van der Waals surface area contributed by atoms with Gasteiger partial charge in [0.05, 0.1) is 17.9 Å². The molecule has 0 spiro atoms. The molecule has 0 fully saturated rings. The van der Waals surface area contributed by atoms with Gasteiger partial charge in [0.15, 0.2) is 0 Å². The summed E-state index contributed by atoms with van der Waals surface area (Å²) in [6.45, 7) is 0.278. The molecule has 2 rings (SSSR count). The molecule has 2 heterocycles. The summed E-state index contributed by atoms with van der Waals surface area (Å²) in [7, 11) is 1.67. The van der Waals surface area contributed by atoms with Crippen molar-refractivity contribution >= 4 is 5.91 Å². The Balaban J connectivity index is 2.30. The largest absolute Gasteiger partial charge is 0.331 e. The molecule has 0 aromatic carbocycles. The molecule has 19 heavy (non-hydrogen) atoms. The third-order valence-electron chi connectivity index (χ3n) is 2.61. The fourth-order valence-electron chi connectivity index (χ4n) is 1.65. The second-order valence-corrected chi connectivity index (χ2v) is 4.01. The van der Waals surface area contributed by atoms with E-state index in [0.717, 1.165) is 5.69 Å². The van der Waals surface area contributed by atoms with Crippen LogP contribution in [0.25, 0.3) is 11.4 Å². The van der Waals surface area contributed by atoms with Crippen molar-refractivity contribution in [3.05, 3.63) is 48.3 Å². The van der Waals surface area contributed by atoms with Crippen LogP contribution in [0.2, 0.25) is 0 Å². The van der Waals surface area contributed by atoms with Crippen LogP contribution in [-0.2, 0) is 0 Å². The van der Waals surface area contributed by atoms with Crippen molar-refractivity contribution in [3.8, 4) is 23.7 Å². The Bertz CT molecular complexity index is 617. The lowest BCUT2D eigenvalue weighted by molar-refractivity contribution is 0.0812. The zero-order valence-corrected chi connectivity index (χ0v) is 10.6. The van der Waals surface area contributed by atoms with E-state index in [2.05, 4.69) is 15.9 Å². The number of carbonyl (C=O) groups excluding carboxylic acids is 1. The minimum Gasteiger partial charge on any atom is -0.331 e. The van der Waals surface area contributed by atoms with Gasteiger partial charge in [0, 0.05) is 25.0 Å². The fraction of sp³-hybridized carbons (Fsp3) is 0.133. The summed E-state index contributed by atoms with van der Waals surface area (Å²) >= 11 is 0. The monoisotopic (exact) mass is 251 g/mol. The molecule has 2 aromatic heterocycles. The first-order valence-corrected chi connectivity index (χ1v) is 5.79. The van der Waals surface area contributed by atoms with Crippen molar-refractivity contribution in [1.82, 2.24) is 14.9 Å². The van der Waals surface area contributed by atoms with E-state index < -0.39 is 0 Å². The van der Waals surface area contributed by atoms with Crippen molar-refractivity contribution in [2.75, 3.05) is 13.6 Å². The molecule has 0 atom stereocenters. The van der Waals surface area contributed by atoms with Crippen LogP contribution in [0.15, 0.2) is 42.7 Å². The summed E-state index contributed by atoms with van der Waals surface area (Å²) in [5.74, 6) is 2.31. The number of carbonyl (C=O) groups is 1. The van der Waals surface area contributed by atoms with E-state index in [4.69, 9.17) is 6.42 Å². The van der Waals surface area contributed by atoms with Crippen LogP contribution < -0.4 is 0 Å². The summed E-state index contributed by atoms with van der Waals surface area (Å²) in [4.78, 5) is 22.0. The van der Waals surface area contributed by atoms with Crippen molar-refractivity contribution in [1.29, 1.82) is 0 Å². The van der Waals surface area contributed by atoms with Gasteiger partial charge in [-0.1, -0.05) is 12.0 Å². The number of hydrogen-bond donors (Lipinski definition) is 0. The molecule has 2 aromatic rings. The van der Waals surface area contributed by atoms with Crippen LogP contribution in [0.5, 0.6) is 0 Å². The SMILES string of the molecule is C#CCN(C)C(=O)c1ccnc(-c2ccccn2)c1. The van der Waals surface area contributed by atoms with E-state index in [-0.39, 0.29) is 12.5 Å². The molecule has 1 amide bonds. The number of aromatic nitrogens is 2. The lowest BCUT2D eigenvalue weighted by Crippen LogP contribution is -2.26. The topological polar surface area (TPSA) is 46.1 Å². The lowest BCUT2D eigenvalue weighted by atomic mass is 10.1. The van der Waals surface area contributed by atoms with E-state index >= 15 is 0 Å². The smallest absolute Gasteiger partial charge is 0.254 e. The standard InChI is InChI=1S/C15H13N3O/c1-3-10-18(2)15(19)12-7-9-17-14(11-12)13-6-4-5-8-16-13/h1,4-9,11H,10H2,2H3. The summed E-state index contributed by atoms with van der Waals surface area (Å²) in [6.07, 6.45) is 8.49. The molecule has 0 aliphatic carbocycles. The Labute approximate surface area is 112 Å². The number of terminal acetylenes is 1. The fourth-order valence-corrected chi connectivity index (χ4v) is 1.65. The maximum Gasteiger partial charge on any atom is 0.254 e. The molecule has 0 unspecified atom stereocenters. The van der Waals surface area contributed by atoms with Gasteiger partial charge in [-0.15, -0.1) is 6.42 Å². The van der Waals surface area contributed by atoms with Crippen LogP contribution in [-0.4, -0.2) is 34.4 Å². The Hall–Kier alpha value is -2.67. The first-order valence-electron chi connectivity index (χ1n) is 5.79. The molecule has 0 aliphatic rings. The van der Waals surface area contributed by atoms with Gasteiger partial charge in [0.25, 0.3) is 5.91 Å². The molecule has 0 saturated heterocycles. The van der Waals surface area contributed by atoms with E-state index in [1.54, 1.807) is 31.6 Å². The number of amides is 1. The van der Waals surface area contributed by atoms with Crippen molar-refractivity contribution in [2.45, 2.75) is 0 Å². The number of pyridine rings is 2. The van der Waals surface area contributed by atoms with Gasteiger partial charge in [-0.05, 0) is 24.3 Å². The van der Waals surface area contributed by atoms with Gasteiger partial charge in [-0.2, -0.15) is 0 Å². The molecule has 4 nitrogen and oxygen atoms in total. The zero-order valence-electron chi connectivity index (χ0n) is 10.6. The van der Waals surface area contributed by atoms with Crippen molar-refractivity contribution in [2.24, 2.45) is 0 Å². The maximum atomic E-state index is 12.1. The Morgan fingerprint density at radius 1 is 1.26 bits per heavy atom. The third-order valence-corrected chi connectivity index (χ3v) is 2.61. The molecule has 0 radical (unpaired) electrons. The van der Waals surface area contributed by atoms with Gasteiger partial charge < -0.3 is 4.90 Å². The molecule has 0 bridgehead atoms. The molecule has 0 N–H and O–H groups in total. The van der Waals surface area contributed by atoms with E-state index in [1.807, 2.05) is 18.2 Å². The quantitative estimate of drug-likeness (QED) is 0.782. The van der Waals surface area contributed by atoms with Gasteiger partial charge in [-0.3, -0.25) is 14.8 Å². The normalized spacial score (nSPS) is 9.68. The first-order chi connectivity index (χ1) is 9.22. The van der Waals surface area contributed by atoms with Gasteiger partial charge in [-0.25, -0.2) is 0 Å². The molecule has 94 valence electrons. The maximum absolute atomic E-state index is 12.1. The zero-order chi connectivity index (χ0) is 13.7. The number of hydrogen-bond acceptors (Lipinski definition) is 3. The van der Waals surface area contributed by atoms with Crippen LogP contribution in [0.3, 0.4) is 0 Å². The van der Waals surface area contributed by atoms with Crippen LogP contribution in [0.4, 0.5) is 0 Å². The highest BCUT2D eigenvalue weighted by atomic mass is 16.2. The third kappa shape index (κ3) is 2.96. The molecular weight excluding hydrogens is 238 g/mol. The van der Waals surface area contributed by atoms with Gasteiger partial charge >= 0.3 is 0 Å². The summed E-state index contributed by atoms with van der Waals surface area (Å²) in [6, 6.07) is 8.95. The van der Waals surface area contributed by atoms with Gasteiger partial charge in [0.1, 0.15) is 0 Å². The summed E-state index contributed by atoms with van der Waals surface area (Å²) in [5, 5.41) is 0. The van der Waals surface area contributed by atoms with Crippen LogP contribution >= 0.6 is 0 Å². The summed E-state index contributed by atoms with van der Waals surface area (Å²) in [5.41, 5.74) is 1.95. The lowest BCUT2D eigenvalue weighted by Gasteiger charge is -2.14. The minimum atomic E-state index is -0.127. The molecule has 0 saturated carbocycles. The first kappa shape index (κ1) is 12.8. The van der Waals surface area contributed by atoms with Gasteiger partial charge in [0.2, 0.25) is 0 Å². The van der Waals surface area contributed by atoms with E-state index in [0.29, 0.717) is 11.3 Å². The average molecular weight is 251 g/mol. The number of rotatable bonds is 3. The molecule has 4 heteroatoms. The van der Waals surface area contributed by atoms with Crippen LogP contribution in [0.1, 0.15) is 10.4 Å². The second-order valence-electron chi connectivity index (χ2n) is 4.01. The number of nitrogens with zero attached hydrogens (tertiary/aromatic N) is 3. The molecule has 0 aliphatic heterocycles. The van der Waals surface area contributed by atoms with Crippen molar-refractivity contribution in [3.63, 3.8) is 0 Å². The highest BCUT2D eigenvalue weighted by molar-refractivity contribution is 5.95. The summed E-state index contributed by atoms with van der Waals surface area (Å²) < 4.78 is 0. The predicted octanol–water partition coefficient (Wildman–Crippen LogP) is 1.85. The minimum absolute atomic E-state index is 0.127. The van der Waals surface area contributed by atoms with Crippen molar-refractivity contribution < 1.29 is 4.79 Å². The van der Waals surface area contributed by atoms with Crippen LogP contribution in [0, 0.1) is 12.3 Å². The Kier molecular flexibility index (Phi) is 3.89. The molecular formula is C15H13N3O.